The fourth-order valence-corrected chi connectivity index (χ4v) is 2.20. The molecule has 5 heteroatoms. The first-order chi connectivity index (χ1) is 8.18. The van der Waals surface area contributed by atoms with Crippen LogP contribution in [0, 0.1) is 0 Å². The smallest absolute Gasteiger partial charge is 0.236 e. The van der Waals surface area contributed by atoms with E-state index in [0.717, 1.165) is 31.8 Å². The van der Waals surface area contributed by atoms with E-state index in [9.17, 15) is 4.79 Å². The van der Waals surface area contributed by atoms with E-state index in [1.165, 1.54) is 0 Å². The van der Waals surface area contributed by atoms with Crippen LogP contribution in [0.25, 0.3) is 0 Å². The molecule has 0 radical (unpaired) electrons. The van der Waals surface area contributed by atoms with Crippen LogP contribution in [0.1, 0.15) is 31.6 Å². The highest BCUT2D eigenvalue weighted by Gasteiger charge is 2.18. The number of aryl methyl sites for hydroxylation is 1. The number of imidazole rings is 1. The molecule has 2 rings (SSSR count). The van der Waals surface area contributed by atoms with Gasteiger partial charge in [-0.2, -0.15) is 0 Å². The van der Waals surface area contributed by atoms with Crippen molar-refractivity contribution in [3.63, 3.8) is 0 Å². The van der Waals surface area contributed by atoms with Crippen LogP contribution in [-0.2, 0) is 11.8 Å². The summed E-state index contributed by atoms with van der Waals surface area (Å²) in [5.41, 5.74) is 0. The molecule has 0 bridgehead atoms. The highest BCUT2D eigenvalue weighted by molar-refractivity contribution is 5.78. The van der Waals surface area contributed by atoms with Crippen molar-refractivity contribution in [1.82, 2.24) is 19.8 Å². The molecule has 1 aliphatic rings. The minimum absolute atomic E-state index is 0.0987. The number of likely N-dealkylation sites (tertiary alicyclic amines) is 1. The Kier molecular flexibility index (Phi) is 3.78. The van der Waals surface area contributed by atoms with Gasteiger partial charge >= 0.3 is 0 Å². The van der Waals surface area contributed by atoms with Gasteiger partial charge in [0.2, 0.25) is 5.91 Å². The molecule has 0 aromatic carbocycles. The summed E-state index contributed by atoms with van der Waals surface area (Å²) in [6.45, 7) is 4.25. The first-order valence-electron chi connectivity index (χ1n) is 6.17. The first kappa shape index (κ1) is 12.1. The second-order valence-corrected chi connectivity index (χ2v) is 4.59. The monoisotopic (exact) mass is 236 g/mol. The van der Waals surface area contributed by atoms with Crippen molar-refractivity contribution in [2.45, 2.75) is 25.8 Å². The van der Waals surface area contributed by atoms with Crippen LogP contribution in [-0.4, -0.2) is 40.0 Å². The molecule has 1 aliphatic heterocycles. The Morgan fingerprint density at radius 1 is 1.53 bits per heavy atom. The zero-order valence-corrected chi connectivity index (χ0v) is 10.5. The molecule has 1 atom stereocenters. The van der Waals surface area contributed by atoms with E-state index in [0.29, 0.717) is 6.54 Å². The number of rotatable bonds is 4. The Bertz CT molecular complexity index is 382. The largest absolute Gasteiger partial charge is 0.342 e. The van der Waals surface area contributed by atoms with Crippen LogP contribution in [0.5, 0.6) is 0 Å². The van der Waals surface area contributed by atoms with Gasteiger partial charge < -0.3 is 9.47 Å². The lowest BCUT2D eigenvalue weighted by atomic mass is 10.3. The molecule has 5 nitrogen and oxygen atoms in total. The zero-order chi connectivity index (χ0) is 12.3. The Labute approximate surface area is 102 Å². The third-order valence-electron chi connectivity index (χ3n) is 3.26. The maximum atomic E-state index is 11.8. The summed E-state index contributed by atoms with van der Waals surface area (Å²) in [6, 6.07) is 0.0987. The van der Waals surface area contributed by atoms with Gasteiger partial charge in [0.1, 0.15) is 5.82 Å². The number of carbonyl (C=O) groups excluding carboxylic acids is 1. The van der Waals surface area contributed by atoms with E-state index in [4.69, 9.17) is 0 Å². The summed E-state index contributed by atoms with van der Waals surface area (Å²) >= 11 is 0. The predicted octanol–water partition coefficient (Wildman–Crippen LogP) is 0.693. The van der Waals surface area contributed by atoms with Gasteiger partial charge in [0, 0.05) is 32.5 Å². The SMILES string of the molecule is CC(NCC(=O)N1CCCC1)c1nccn1C. The van der Waals surface area contributed by atoms with Gasteiger partial charge in [-0.15, -0.1) is 0 Å². The Morgan fingerprint density at radius 3 is 2.82 bits per heavy atom. The van der Waals surface area contributed by atoms with E-state index in [1.54, 1.807) is 6.20 Å². The number of carbonyl (C=O) groups is 1. The van der Waals surface area contributed by atoms with Crippen molar-refractivity contribution >= 4 is 5.91 Å². The highest BCUT2D eigenvalue weighted by Crippen LogP contribution is 2.10. The molecule has 0 spiro atoms. The molecule has 1 aromatic heterocycles. The van der Waals surface area contributed by atoms with Crippen molar-refractivity contribution in [3.05, 3.63) is 18.2 Å². The number of hydrogen-bond donors (Lipinski definition) is 1. The molecule has 0 saturated carbocycles. The predicted molar refractivity (Wildman–Crippen MR) is 65.4 cm³/mol. The lowest BCUT2D eigenvalue weighted by Gasteiger charge is -2.18. The summed E-state index contributed by atoms with van der Waals surface area (Å²) in [4.78, 5) is 18.0. The normalized spacial score (nSPS) is 17.4. The number of aromatic nitrogens is 2. The topological polar surface area (TPSA) is 50.2 Å². The third kappa shape index (κ3) is 2.85. The van der Waals surface area contributed by atoms with E-state index < -0.39 is 0 Å². The first-order valence-corrected chi connectivity index (χ1v) is 6.17. The molecule has 1 aromatic rings. The number of nitrogens with zero attached hydrogens (tertiary/aromatic N) is 3. The van der Waals surface area contributed by atoms with Gasteiger partial charge in [-0.05, 0) is 19.8 Å². The van der Waals surface area contributed by atoms with Gasteiger partial charge in [0.25, 0.3) is 0 Å². The van der Waals surface area contributed by atoms with Gasteiger partial charge in [0.05, 0.1) is 12.6 Å². The van der Waals surface area contributed by atoms with Crippen LogP contribution in [0.3, 0.4) is 0 Å². The second kappa shape index (κ2) is 5.31. The number of nitrogens with one attached hydrogen (secondary N) is 1. The Balaban J connectivity index is 1.81. The number of amides is 1. The molecule has 1 fully saturated rings. The van der Waals surface area contributed by atoms with Gasteiger partial charge in [-0.1, -0.05) is 0 Å². The Hall–Kier alpha value is -1.36. The molecule has 1 saturated heterocycles. The molecule has 94 valence electrons. The van der Waals surface area contributed by atoms with Gasteiger partial charge in [-0.3, -0.25) is 10.1 Å². The van der Waals surface area contributed by atoms with E-state index in [1.807, 2.05) is 29.6 Å². The van der Waals surface area contributed by atoms with Crippen LogP contribution in [0.2, 0.25) is 0 Å². The standard InChI is InChI=1S/C12H20N4O/c1-10(12-13-5-8-15(12)2)14-9-11(17)16-6-3-4-7-16/h5,8,10,14H,3-4,6-7,9H2,1-2H3. The van der Waals surface area contributed by atoms with Crippen LogP contribution < -0.4 is 5.32 Å². The van der Waals surface area contributed by atoms with Gasteiger partial charge in [0.15, 0.2) is 0 Å². The average Bonchev–Trinajstić information content (AvgIpc) is 2.95. The molecule has 2 heterocycles. The molecular weight excluding hydrogens is 216 g/mol. The van der Waals surface area contributed by atoms with Crippen LogP contribution in [0.4, 0.5) is 0 Å². The molecule has 0 aliphatic carbocycles. The Morgan fingerprint density at radius 2 is 2.24 bits per heavy atom. The summed E-state index contributed by atoms with van der Waals surface area (Å²) in [7, 11) is 1.96. The van der Waals surface area contributed by atoms with Gasteiger partial charge in [-0.25, -0.2) is 4.98 Å². The summed E-state index contributed by atoms with van der Waals surface area (Å²) in [6.07, 6.45) is 5.97. The van der Waals surface area contributed by atoms with Crippen molar-refractivity contribution in [2.75, 3.05) is 19.6 Å². The summed E-state index contributed by atoms with van der Waals surface area (Å²) in [5.74, 6) is 1.16. The highest BCUT2D eigenvalue weighted by atomic mass is 16.2. The fourth-order valence-electron chi connectivity index (χ4n) is 2.20. The van der Waals surface area contributed by atoms with Crippen molar-refractivity contribution in [3.8, 4) is 0 Å². The molecular formula is C12H20N4O. The molecule has 1 amide bonds. The summed E-state index contributed by atoms with van der Waals surface area (Å²) in [5, 5.41) is 3.23. The lowest BCUT2D eigenvalue weighted by molar-refractivity contribution is -0.129. The fraction of sp³-hybridized carbons (Fsp3) is 0.667. The number of hydrogen-bond acceptors (Lipinski definition) is 3. The molecule has 17 heavy (non-hydrogen) atoms. The molecule has 1 N–H and O–H groups in total. The van der Waals surface area contributed by atoms with Crippen LogP contribution >= 0.6 is 0 Å². The third-order valence-corrected chi connectivity index (χ3v) is 3.26. The van der Waals surface area contributed by atoms with E-state index in [2.05, 4.69) is 10.3 Å². The lowest BCUT2D eigenvalue weighted by Crippen LogP contribution is -2.37. The minimum atomic E-state index is 0.0987. The van der Waals surface area contributed by atoms with E-state index in [-0.39, 0.29) is 11.9 Å². The second-order valence-electron chi connectivity index (χ2n) is 4.59. The zero-order valence-electron chi connectivity index (χ0n) is 10.5. The molecule has 1 unspecified atom stereocenters. The van der Waals surface area contributed by atoms with E-state index >= 15 is 0 Å². The van der Waals surface area contributed by atoms with Crippen LogP contribution in [0.15, 0.2) is 12.4 Å². The average molecular weight is 236 g/mol. The quantitative estimate of drug-likeness (QED) is 0.837. The van der Waals surface area contributed by atoms with Crippen molar-refractivity contribution in [1.29, 1.82) is 0 Å². The maximum Gasteiger partial charge on any atom is 0.236 e. The van der Waals surface area contributed by atoms with Crippen molar-refractivity contribution in [2.24, 2.45) is 7.05 Å². The minimum Gasteiger partial charge on any atom is -0.342 e. The summed E-state index contributed by atoms with van der Waals surface area (Å²) < 4.78 is 1.97. The maximum absolute atomic E-state index is 11.8. The van der Waals surface area contributed by atoms with Crippen molar-refractivity contribution < 1.29 is 4.79 Å².